The Kier molecular flexibility index (Phi) is 4.59. The smallest absolute Gasteiger partial charge is 0.189 e. The van der Waals surface area contributed by atoms with E-state index in [9.17, 15) is 0 Å². The van der Waals surface area contributed by atoms with E-state index in [0.717, 1.165) is 13.0 Å². The molecule has 80 valence electrons. The highest BCUT2D eigenvalue weighted by Gasteiger charge is 2.23. The van der Waals surface area contributed by atoms with Crippen molar-refractivity contribution in [1.82, 2.24) is 4.90 Å². The second kappa shape index (κ2) is 6.00. The normalized spacial score (nSPS) is 15.7. The number of rotatable bonds is 4. The van der Waals surface area contributed by atoms with E-state index in [1.807, 2.05) is 17.0 Å². The molecule has 0 aliphatic carbocycles. The lowest BCUT2D eigenvalue weighted by Crippen LogP contribution is -2.40. The number of nitrogens with zero attached hydrogens (tertiary/aromatic N) is 4. The van der Waals surface area contributed by atoms with Gasteiger partial charge in [-0.2, -0.15) is 10.5 Å². The first kappa shape index (κ1) is 11.5. The van der Waals surface area contributed by atoms with Gasteiger partial charge in [-0.25, -0.2) is 0 Å². The highest BCUT2D eigenvalue weighted by molar-refractivity contribution is 5.89. The van der Waals surface area contributed by atoms with Crippen LogP contribution < -0.4 is 0 Å². The standard InChI is InChI=1S/C10H14N4O/c11-7-9(8-12)10-13-3-1-4-14(10)5-2-6-15/h9,15H,1-6H2. The van der Waals surface area contributed by atoms with E-state index < -0.39 is 5.92 Å². The molecule has 15 heavy (non-hydrogen) atoms. The van der Waals surface area contributed by atoms with E-state index >= 15 is 0 Å². The Morgan fingerprint density at radius 3 is 2.80 bits per heavy atom. The molecule has 0 fully saturated rings. The molecule has 0 radical (unpaired) electrons. The summed E-state index contributed by atoms with van der Waals surface area (Å²) in [6.07, 6.45) is 1.58. The van der Waals surface area contributed by atoms with Crippen LogP contribution in [0.2, 0.25) is 0 Å². The molecule has 0 unspecified atom stereocenters. The Labute approximate surface area is 89.3 Å². The summed E-state index contributed by atoms with van der Waals surface area (Å²) in [5.41, 5.74) is 0. The minimum Gasteiger partial charge on any atom is -0.396 e. The molecule has 0 saturated carbocycles. The lowest BCUT2D eigenvalue weighted by molar-refractivity contribution is 0.262. The van der Waals surface area contributed by atoms with Crippen LogP contribution >= 0.6 is 0 Å². The largest absolute Gasteiger partial charge is 0.396 e. The van der Waals surface area contributed by atoms with Crippen LogP contribution in [0, 0.1) is 28.6 Å². The second-order valence-corrected chi connectivity index (χ2v) is 3.35. The number of hydrogen-bond acceptors (Lipinski definition) is 5. The molecule has 0 spiro atoms. The molecule has 0 aromatic carbocycles. The maximum absolute atomic E-state index is 8.79. The molecule has 0 bridgehead atoms. The fraction of sp³-hybridized carbons (Fsp3) is 0.700. The summed E-state index contributed by atoms with van der Waals surface area (Å²) in [4.78, 5) is 6.15. The zero-order valence-electron chi connectivity index (χ0n) is 8.56. The van der Waals surface area contributed by atoms with Crippen LogP contribution in [-0.4, -0.2) is 42.1 Å². The third-order valence-corrected chi connectivity index (χ3v) is 2.29. The molecule has 0 atom stereocenters. The Morgan fingerprint density at radius 1 is 1.47 bits per heavy atom. The van der Waals surface area contributed by atoms with Gasteiger partial charge in [0.05, 0.1) is 12.1 Å². The number of hydrogen-bond donors (Lipinski definition) is 1. The lowest BCUT2D eigenvalue weighted by Gasteiger charge is -2.29. The van der Waals surface area contributed by atoms with Crippen LogP contribution in [0.25, 0.3) is 0 Å². The van der Waals surface area contributed by atoms with E-state index in [1.54, 1.807) is 0 Å². The highest BCUT2D eigenvalue weighted by atomic mass is 16.3. The maximum Gasteiger partial charge on any atom is 0.189 e. The first-order chi connectivity index (χ1) is 7.33. The first-order valence-corrected chi connectivity index (χ1v) is 5.03. The number of aliphatic imine (C=N–C) groups is 1. The monoisotopic (exact) mass is 206 g/mol. The summed E-state index contributed by atoms with van der Waals surface area (Å²) < 4.78 is 0. The molecule has 1 aliphatic rings. The van der Waals surface area contributed by atoms with Crippen molar-refractivity contribution in [2.45, 2.75) is 12.8 Å². The van der Waals surface area contributed by atoms with E-state index in [1.165, 1.54) is 0 Å². The molecule has 0 aromatic heterocycles. The van der Waals surface area contributed by atoms with E-state index in [4.69, 9.17) is 15.6 Å². The van der Waals surface area contributed by atoms with Gasteiger partial charge in [0.25, 0.3) is 0 Å². The predicted octanol–water partition coefficient (Wildman–Crippen LogP) is 0.136. The van der Waals surface area contributed by atoms with Gasteiger partial charge in [0.15, 0.2) is 5.92 Å². The predicted molar refractivity (Wildman–Crippen MR) is 54.9 cm³/mol. The average molecular weight is 206 g/mol. The number of nitriles is 2. The summed E-state index contributed by atoms with van der Waals surface area (Å²) in [5.74, 6) is -0.205. The first-order valence-electron chi connectivity index (χ1n) is 5.03. The molecular formula is C10H14N4O. The Bertz CT molecular complexity index is 298. The van der Waals surface area contributed by atoms with E-state index in [-0.39, 0.29) is 6.61 Å². The van der Waals surface area contributed by atoms with Crippen molar-refractivity contribution >= 4 is 5.84 Å². The fourth-order valence-corrected chi connectivity index (χ4v) is 1.58. The zero-order valence-corrected chi connectivity index (χ0v) is 8.56. The molecular weight excluding hydrogens is 192 g/mol. The number of amidine groups is 1. The minimum absolute atomic E-state index is 0.119. The summed E-state index contributed by atoms with van der Waals surface area (Å²) in [5, 5.41) is 26.3. The fourth-order valence-electron chi connectivity index (χ4n) is 1.58. The quantitative estimate of drug-likeness (QED) is 0.709. The van der Waals surface area contributed by atoms with Crippen molar-refractivity contribution in [2.75, 3.05) is 26.2 Å². The van der Waals surface area contributed by atoms with Crippen LogP contribution in [0.1, 0.15) is 12.8 Å². The average Bonchev–Trinajstić information content (AvgIpc) is 2.29. The highest BCUT2D eigenvalue weighted by Crippen LogP contribution is 2.10. The number of aliphatic hydroxyl groups is 1. The molecule has 1 heterocycles. The summed E-state index contributed by atoms with van der Waals surface area (Å²) in [7, 11) is 0. The van der Waals surface area contributed by atoms with Gasteiger partial charge in [-0.1, -0.05) is 0 Å². The SMILES string of the molecule is N#CC(C#N)C1=NCCCN1CCCO. The van der Waals surface area contributed by atoms with E-state index in [0.29, 0.717) is 25.3 Å². The molecule has 5 heteroatoms. The molecule has 1 rings (SSSR count). The molecule has 0 aromatic rings. The van der Waals surface area contributed by atoms with Crippen molar-refractivity contribution in [3.8, 4) is 12.1 Å². The minimum atomic E-state index is -0.774. The van der Waals surface area contributed by atoms with Gasteiger partial charge in [-0.05, 0) is 12.8 Å². The third-order valence-electron chi connectivity index (χ3n) is 2.29. The van der Waals surface area contributed by atoms with Gasteiger partial charge in [-0.15, -0.1) is 0 Å². The van der Waals surface area contributed by atoms with Gasteiger partial charge < -0.3 is 10.0 Å². The zero-order chi connectivity index (χ0) is 11.1. The van der Waals surface area contributed by atoms with Crippen LogP contribution in [0.15, 0.2) is 4.99 Å². The second-order valence-electron chi connectivity index (χ2n) is 3.35. The molecule has 5 nitrogen and oxygen atoms in total. The number of aliphatic hydroxyl groups excluding tert-OH is 1. The van der Waals surface area contributed by atoms with Crippen molar-refractivity contribution in [3.05, 3.63) is 0 Å². The maximum atomic E-state index is 8.79. The molecule has 1 N–H and O–H groups in total. The summed E-state index contributed by atoms with van der Waals surface area (Å²) >= 11 is 0. The van der Waals surface area contributed by atoms with Crippen LogP contribution in [-0.2, 0) is 0 Å². The topological polar surface area (TPSA) is 83.4 Å². The van der Waals surface area contributed by atoms with E-state index in [2.05, 4.69) is 4.99 Å². The lowest BCUT2D eigenvalue weighted by atomic mass is 10.1. The van der Waals surface area contributed by atoms with Crippen LogP contribution in [0.5, 0.6) is 0 Å². The van der Waals surface area contributed by atoms with Crippen LogP contribution in [0.3, 0.4) is 0 Å². The molecule has 0 saturated heterocycles. The van der Waals surface area contributed by atoms with Gasteiger partial charge >= 0.3 is 0 Å². The van der Waals surface area contributed by atoms with Gasteiger partial charge in [0.1, 0.15) is 5.84 Å². The Balaban J connectivity index is 2.70. The third kappa shape index (κ3) is 2.93. The van der Waals surface area contributed by atoms with Crippen molar-refractivity contribution < 1.29 is 5.11 Å². The van der Waals surface area contributed by atoms with Gasteiger partial charge in [0.2, 0.25) is 0 Å². The molecule has 0 amide bonds. The Morgan fingerprint density at radius 2 is 2.20 bits per heavy atom. The van der Waals surface area contributed by atoms with Gasteiger partial charge in [-0.3, -0.25) is 4.99 Å². The van der Waals surface area contributed by atoms with Crippen molar-refractivity contribution in [1.29, 1.82) is 10.5 Å². The van der Waals surface area contributed by atoms with Gasteiger partial charge in [0, 0.05) is 26.2 Å². The van der Waals surface area contributed by atoms with Crippen LogP contribution in [0.4, 0.5) is 0 Å². The van der Waals surface area contributed by atoms with Crippen molar-refractivity contribution in [3.63, 3.8) is 0 Å². The molecule has 1 aliphatic heterocycles. The Hall–Kier alpha value is -1.59. The summed E-state index contributed by atoms with van der Waals surface area (Å²) in [6.45, 7) is 2.28. The summed E-state index contributed by atoms with van der Waals surface area (Å²) in [6, 6.07) is 3.86. The van der Waals surface area contributed by atoms with Crippen molar-refractivity contribution in [2.24, 2.45) is 10.9 Å².